The van der Waals surface area contributed by atoms with Crippen LogP contribution < -0.4 is 0 Å². The number of aromatic nitrogens is 4. The smallest absolute Gasteiger partial charge is 0.276 e. The molecule has 0 bridgehead atoms. The molecule has 5 nitrogen and oxygen atoms in total. The molecule has 0 spiro atoms. The molecular formula is C17H9Cl3N4O. The van der Waals surface area contributed by atoms with Crippen LogP contribution in [0.1, 0.15) is 0 Å². The zero-order chi connectivity index (χ0) is 17.4. The van der Waals surface area contributed by atoms with Crippen molar-refractivity contribution >= 4 is 34.8 Å². The van der Waals surface area contributed by atoms with Gasteiger partial charge in [0, 0.05) is 21.2 Å². The maximum atomic E-state index is 6.18. The van der Waals surface area contributed by atoms with Crippen LogP contribution in [0.15, 0.2) is 53.1 Å². The molecule has 0 fully saturated rings. The molecule has 0 unspecified atom stereocenters. The third-order valence-electron chi connectivity index (χ3n) is 3.55. The Balaban J connectivity index is 1.65. The number of rotatable bonds is 3. The van der Waals surface area contributed by atoms with Crippen LogP contribution in [-0.2, 0) is 0 Å². The summed E-state index contributed by atoms with van der Waals surface area (Å²) in [6.45, 7) is 0. The molecule has 0 amide bonds. The van der Waals surface area contributed by atoms with E-state index in [2.05, 4.69) is 20.3 Å². The quantitative estimate of drug-likeness (QED) is 0.482. The second-order valence-electron chi connectivity index (χ2n) is 5.22. The molecule has 0 atom stereocenters. The maximum Gasteiger partial charge on any atom is 0.276 e. The number of halogens is 3. The second kappa shape index (κ2) is 6.52. The van der Waals surface area contributed by atoms with Crippen LogP contribution in [0, 0.1) is 0 Å². The molecule has 0 aliphatic rings. The summed E-state index contributed by atoms with van der Waals surface area (Å²) in [5, 5.41) is 12.8. The number of nitrogens with zero attached hydrogens (tertiary/aromatic N) is 3. The summed E-state index contributed by atoms with van der Waals surface area (Å²) in [5.41, 5.74) is 2.91. The Hall–Kier alpha value is -2.34. The van der Waals surface area contributed by atoms with Gasteiger partial charge in [-0.3, -0.25) is 5.10 Å². The third-order valence-corrected chi connectivity index (χ3v) is 4.35. The number of hydrogen-bond donors (Lipinski definition) is 1. The van der Waals surface area contributed by atoms with Gasteiger partial charge in [0.25, 0.3) is 5.89 Å². The van der Waals surface area contributed by atoms with Crippen molar-refractivity contribution in [3.63, 3.8) is 0 Å². The van der Waals surface area contributed by atoms with Crippen molar-refractivity contribution in [2.75, 3.05) is 0 Å². The van der Waals surface area contributed by atoms with Gasteiger partial charge in [0.15, 0.2) is 0 Å². The molecule has 1 N–H and O–H groups in total. The molecule has 0 radical (unpaired) electrons. The predicted octanol–water partition coefficient (Wildman–Crippen LogP) is 5.75. The first-order valence-corrected chi connectivity index (χ1v) is 8.34. The Morgan fingerprint density at radius 1 is 0.880 bits per heavy atom. The summed E-state index contributed by atoms with van der Waals surface area (Å²) in [4.78, 5) is 4.36. The molecule has 124 valence electrons. The van der Waals surface area contributed by atoms with Gasteiger partial charge < -0.3 is 4.52 Å². The molecule has 4 aromatic rings. The first kappa shape index (κ1) is 16.1. The minimum Gasteiger partial charge on any atom is -0.332 e. The number of benzene rings is 2. The van der Waals surface area contributed by atoms with E-state index >= 15 is 0 Å². The van der Waals surface area contributed by atoms with E-state index in [9.17, 15) is 0 Å². The average molecular weight is 392 g/mol. The van der Waals surface area contributed by atoms with Crippen LogP contribution in [-0.4, -0.2) is 20.3 Å². The van der Waals surface area contributed by atoms with Gasteiger partial charge in [-0.15, -0.1) is 0 Å². The zero-order valence-electron chi connectivity index (χ0n) is 12.5. The highest BCUT2D eigenvalue weighted by Gasteiger charge is 2.16. The summed E-state index contributed by atoms with van der Waals surface area (Å²) in [5.74, 6) is 0.688. The van der Waals surface area contributed by atoms with Gasteiger partial charge in [0.2, 0.25) is 5.82 Å². The van der Waals surface area contributed by atoms with Crippen LogP contribution in [0.4, 0.5) is 0 Å². The molecule has 0 aliphatic carbocycles. The van der Waals surface area contributed by atoms with Crippen molar-refractivity contribution in [1.82, 2.24) is 20.3 Å². The van der Waals surface area contributed by atoms with Gasteiger partial charge >= 0.3 is 0 Å². The van der Waals surface area contributed by atoms with Gasteiger partial charge in [-0.25, -0.2) is 0 Å². The van der Waals surface area contributed by atoms with Crippen LogP contribution in [0.2, 0.25) is 15.1 Å². The van der Waals surface area contributed by atoms with E-state index in [1.165, 1.54) is 0 Å². The highest BCUT2D eigenvalue weighted by atomic mass is 35.5. The lowest BCUT2D eigenvalue weighted by Crippen LogP contribution is -1.83. The highest BCUT2D eigenvalue weighted by molar-refractivity contribution is 6.36. The van der Waals surface area contributed by atoms with E-state index in [-0.39, 0.29) is 0 Å². The van der Waals surface area contributed by atoms with Crippen LogP contribution in [0.5, 0.6) is 0 Å². The summed E-state index contributed by atoms with van der Waals surface area (Å²) in [6.07, 6.45) is 0. The SMILES string of the molecule is Clc1ccc(-c2cc(-c3nc(-c4ccc(Cl)cc4Cl)no3)[nH]n2)cc1. The van der Waals surface area contributed by atoms with Gasteiger partial charge in [-0.2, -0.15) is 10.1 Å². The van der Waals surface area contributed by atoms with Gasteiger partial charge in [0.1, 0.15) is 5.69 Å². The second-order valence-corrected chi connectivity index (χ2v) is 6.50. The fourth-order valence-electron chi connectivity index (χ4n) is 2.31. The van der Waals surface area contributed by atoms with Crippen molar-refractivity contribution in [2.24, 2.45) is 0 Å². The van der Waals surface area contributed by atoms with E-state index < -0.39 is 0 Å². The zero-order valence-corrected chi connectivity index (χ0v) is 14.8. The minimum atomic E-state index is 0.314. The topological polar surface area (TPSA) is 67.6 Å². The van der Waals surface area contributed by atoms with E-state index in [1.54, 1.807) is 30.3 Å². The van der Waals surface area contributed by atoms with Crippen molar-refractivity contribution in [2.45, 2.75) is 0 Å². The Bertz CT molecular complexity index is 1040. The maximum absolute atomic E-state index is 6.18. The van der Waals surface area contributed by atoms with E-state index in [0.717, 1.165) is 11.3 Å². The van der Waals surface area contributed by atoms with Crippen molar-refractivity contribution in [1.29, 1.82) is 0 Å². The monoisotopic (exact) mass is 390 g/mol. The first-order chi connectivity index (χ1) is 12.1. The standard InChI is InChI=1S/C17H9Cl3N4O/c18-10-3-1-9(2-4-10)14-8-15(23-22-14)17-21-16(24-25-17)12-6-5-11(19)7-13(12)20/h1-8H,(H,22,23). The predicted molar refractivity (Wildman–Crippen MR) is 97.8 cm³/mol. The Morgan fingerprint density at radius 2 is 1.64 bits per heavy atom. The molecule has 0 saturated heterocycles. The Labute approximate surface area is 157 Å². The van der Waals surface area contributed by atoms with Crippen LogP contribution in [0.25, 0.3) is 34.2 Å². The van der Waals surface area contributed by atoms with Gasteiger partial charge in [-0.05, 0) is 36.4 Å². The fourth-order valence-corrected chi connectivity index (χ4v) is 2.93. The van der Waals surface area contributed by atoms with Crippen molar-refractivity contribution < 1.29 is 4.52 Å². The van der Waals surface area contributed by atoms with E-state index in [0.29, 0.717) is 38.0 Å². The normalized spacial score (nSPS) is 11.0. The van der Waals surface area contributed by atoms with Crippen molar-refractivity contribution in [3.05, 3.63) is 63.6 Å². The Kier molecular flexibility index (Phi) is 4.21. The lowest BCUT2D eigenvalue weighted by atomic mass is 10.1. The van der Waals surface area contributed by atoms with Gasteiger partial charge in [-0.1, -0.05) is 52.1 Å². The third kappa shape index (κ3) is 3.26. The lowest BCUT2D eigenvalue weighted by Gasteiger charge is -1.98. The van der Waals surface area contributed by atoms with Gasteiger partial charge in [0.05, 0.1) is 10.7 Å². The molecule has 4 rings (SSSR count). The lowest BCUT2D eigenvalue weighted by molar-refractivity contribution is 0.431. The number of aromatic amines is 1. The fraction of sp³-hybridized carbons (Fsp3) is 0. The molecule has 2 aromatic carbocycles. The minimum absolute atomic E-state index is 0.314. The number of H-pyrrole nitrogens is 1. The first-order valence-electron chi connectivity index (χ1n) is 7.21. The molecule has 2 aromatic heterocycles. The Morgan fingerprint density at radius 3 is 2.40 bits per heavy atom. The molecule has 25 heavy (non-hydrogen) atoms. The summed E-state index contributed by atoms with van der Waals surface area (Å²) < 4.78 is 5.31. The van der Waals surface area contributed by atoms with Crippen LogP contribution >= 0.6 is 34.8 Å². The summed E-state index contributed by atoms with van der Waals surface area (Å²) in [7, 11) is 0. The number of hydrogen-bond acceptors (Lipinski definition) is 4. The summed E-state index contributed by atoms with van der Waals surface area (Å²) in [6, 6.07) is 14.3. The highest BCUT2D eigenvalue weighted by Crippen LogP contribution is 2.30. The molecule has 8 heteroatoms. The molecule has 0 aliphatic heterocycles. The summed E-state index contributed by atoms with van der Waals surface area (Å²) >= 11 is 18.0. The van der Waals surface area contributed by atoms with E-state index in [1.807, 2.05) is 18.2 Å². The molecule has 0 saturated carbocycles. The molecule has 2 heterocycles. The number of nitrogens with one attached hydrogen (secondary N) is 1. The van der Waals surface area contributed by atoms with Crippen molar-refractivity contribution in [3.8, 4) is 34.2 Å². The van der Waals surface area contributed by atoms with E-state index in [4.69, 9.17) is 39.3 Å². The van der Waals surface area contributed by atoms with Crippen LogP contribution in [0.3, 0.4) is 0 Å². The molecular weight excluding hydrogens is 383 g/mol. The largest absolute Gasteiger partial charge is 0.332 e. The average Bonchev–Trinajstić information content (AvgIpc) is 3.24.